The van der Waals surface area contributed by atoms with Crippen LogP contribution in [0.15, 0.2) is 30.3 Å². The molecule has 0 spiro atoms. The Morgan fingerprint density at radius 3 is 2.78 bits per heavy atom. The average molecular weight is 245 g/mol. The van der Waals surface area contributed by atoms with E-state index in [9.17, 15) is 9.59 Å². The molecule has 1 N–H and O–H groups in total. The van der Waals surface area contributed by atoms with Gasteiger partial charge in [-0.2, -0.15) is 0 Å². The van der Waals surface area contributed by atoms with Crippen LogP contribution in [0.25, 0.3) is 0 Å². The lowest BCUT2D eigenvalue weighted by molar-refractivity contribution is -0.153. The van der Waals surface area contributed by atoms with Crippen LogP contribution in [0.5, 0.6) is 0 Å². The summed E-state index contributed by atoms with van der Waals surface area (Å²) in [5, 5.41) is 3.14. The summed E-state index contributed by atoms with van der Waals surface area (Å²) in [7, 11) is 0. The van der Waals surface area contributed by atoms with Crippen LogP contribution in [0.1, 0.15) is 18.4 Å². The molecular weight excluding hydrogens is 230 g/mol. The third kappa shape index (κ3) is 1.82. The number of carbonyl (C=O) groups is 2. The van der Waals surface area contributed by atoms with Crippen LogP contribution in [-0.2, 0) is 20.9 Å². The van der Waals surface area contributed by atoms with Crippen molar-refractivity contribution in [2.45, 2.75) is 25.0 Å². The highest BCUT2D eigenvalue weighted by Gasteiger charge is 2.55. The highest BCUT2D eigenvalue weighted by molar-refractivity contribution is 5.96. The molecule has 1 aliphatic carbocycles. The van der Waals surface area contributed by atoms with E-state index in [0.29, 0.717) is 13.0 Å². The molecule has 0 radical (unpaired) electrons. The summed E-state index contributed by atoms with van der Waals surface area (Å²) in [5.41, 5.74) is 0.220. The molecule has 3 rings (SSSR count). The van der Waals surface area contributed by atoms with Gasteiger partial charge in [-0.3, -0.25) is 9.59 Å². The molecule has 1 aromatic rings. The van der Waals surface area contributed by atoms with Gasteiger partial charge < -0.3 is 10.1 Å². The summed E-state index contributed by atoms with van der Waals surface area (Å²) in [6.45, 7) is 0.876. The van der Waals surface area contributed by atoms with Crippen molar-refractivity contribution >= 4 is 11.8 Å². The number of Topliss-reactive ketones (excluding diaryl/α,β-unsaturated/α-hetero) is 1. The van der Waals surface area contributed by atoms with Gasteiger partial charge in [0.1, 0.15) is 17.9 Å². The number of nitrogens with one attached hydrogen (secondary N) is 1. The second-order valence-corrected chi connectivity index (χ2v) is 5.07. The lowest BCUT2D eigenvalue weighted by atomic mass is 9.99. The number of benzene rings is 1. The Morgan fingerprint density at radius 1 is 1.39 bits per heavy atom. The Balaban J connectivity index is 1.64. The van der Waals surface area contributed by atoms with Crippen LogP contribution in [0, 0.1) is 5.92 Å². The van der Waals surface area contributed by atoms with Crippen molar-refractivity contribution in [3.05, 3.63) is 35.9 Å². The minimum absolute atomic E-state index is 0.00859. The molecule has 1 saturated carbocycles. The third-order valence-corrected chi connectivity index (χ3v) is 3.82. The largest absolute Gasteiger partial charge is 0.459 e. The first-order valence-corrected chi connectivity index (χ1v) is 6.18. The van der Waals surface area contributed by atoms with E-state index in [-0.39, 0.29) is 30.7 Å². The fraction of sp³-hybridized carbons (Fsp3) is 0.429. The number of rotatable bonds is 3. The summed E-state index contributed by atoms with van der Waals surface area (Å²) in [6.07, 6.45) is 0.880. The van der Waals surface area contributed by atoms with Crippen molar-refractivity contribution in [3.63, 3.8) is 0 Å². The Hall–Kier alpha value is -1.68. The van der Waals surface area contributed by atoms with Crippen molar-refractivity contribution in [3.8, 4) is 0 Å². The molecule has 18 heavy (non-hydrogen) atoms. The predicted molar refractivity (Wildman–Crippen MR) is 64.7 cm³/mol. The minimum atomic E-state index is -0.740. The topological polar surface area (TPSA) is 55.4 Å². The van der Waals surface area contributed by atoms with Crippen LogP contribution in [0.4, 0.5) is 0 Å². The second kappa shape index (κ2) is 4.21. The molecule has 2 unspecified atom stereocenters. The summed E-state index contributed by atoms with van der Waals surface area (Å²) < 4.78 is 5.33. The van der Waals surface area contributed by atoms with E-state index in [4.69, 9.17) is 4.74 Å². The van der Waals surface area contributed by atoms with Gasteiger partial charge in [-0.25, -0.2) is 0 Å². The molecule has 4 heteroatoms. The third-order valence-electron chi connectivity index (χ3n) is 3.82. The molecular formula is C14H15NO3. The lowest BCUT2D eigenvalue weighted by Gasteiger charge is -2.24. The molecule has 94 valence electrons. The molecule has 0 aromatic heterocycles. The van der Waals surface area contributed by atoms with Gasteiger partial charge >= 0.3 is 5.97 Å². The van der Waals surface area contributed by atoms with Crippen LogP contribution < -0.4 is 5.32 Å². The monoisotopic (exact) mass is 245 g/mol. The van der Waals surface area contributed by atoms with E-state index in [1.807, 2.05) is 30.3 Å². The number of piperidine rings is 1. The number of fused-ring (bicyclic) bond motifs is 2. The van der Waals surface area contributed by atoms with Crippen molar-refractivity contribution in [2.24, 2.45) is 5.92 Å². The number of carbonyl (C=O) groups excluding carboxylic acids is 2. The fourth-order valence-corrected chi connectivity index (χ4v) is 2.78. The van der Waals surface area contributed by atoms with Gasteiger partial charge in [0.05, 0.1) is 0 Å². The van der Waals surface area contributed by atoms with E-state index >= 15 is 0 Å². The Bertz CT molecular complexity index is 485. The molecule has 2 bridgehead atoms. The SMILES string of the molecule is O=C1CC2(C(=O)OCc3ccccc3)CC1CN2. The van der Waals surface area contributed by atoms with Crippen molar-refractivity contribution in [2.75, 3.05) is 6.54 Å². The molecule has 0 amide bonds. The van der Waals surface area contributed by atoms with Crippen molar-refractivity contribution in [1.29, 1.82) is 0 Å². The average Bonchev–Trinajstić information content (AvgIpc) is 2.96. The molecule has 1 heterocycles. The fourth-order valence-electron chi connectivity index (χ4n) is 2.78. The van der Waals surface area contributed by atoms with Gasteiger partial charge in [0.15, 0.2) is 0 Å². The molecule has 4 nitrogen and oxygen atoms in total. The molecule has 2 fully saturated rings. The maximum Gasteiger partial charge on any atom is 0.327 e. The zero-order valence-corrected chi connectivity index (χ0v) is 10.0. The van der Waals surface area contributed by atoms with E-state index in [1.165, 1.54) is 0 Å². The number of ketones is 1. The number of ether oxygens (including phenoxy) is 1. The van der Waals surface area contributed by atoms with Gasteiger partial charge in [0.2, 0.25) is 0 Å². The number of esters is 1. The van der Waals surface area contributed by atoms with Gasteiger partial charge in [0.25, 0.3) is 0 Å². The Morgan fingerprint density at radius 2 is 2.17 bits per heavy atom. The maximum absolute atomic E-state index is 12.1. The van der Waals surface area contributed by atoms with Gasteiger partial charge in [0, 0.05) is 18.9 Å². The highest BCUT2D eigenvalue weighted by atomic mass is 16.5. The quantitative estimate of drug-likeness (QED) is 0.809. The summed E-state index contributed by atoms with van der Waals surface area (Å²) in [5.74, 6) is -0.0978. The van der Waals surface area contributed by atoms with E-state index in [2.05, 4.69) is 5.32 Å². The normalized spacial score (nSPS) is 29.6. The van der Waals surface area contributed by atoms with Gasteiger partial charge in [-0.1, -0.05) is 30.3 Å². The van der Waals surface area contributed by atoms with Gasteiger partial charge in [-0.15, -0.1) is 0 Å². The van der Waals surface area contributed by atoms with Crippen LogP contribution in [0.3, 0.4) is 0 Å². The molecule has 2 atom stereocenters. The zero-order chi connectivity index (χ0) is 12.6. The van der Waals surface area contributed by atoms with E-state index in [1.54, 1.807) is 0 Å². The van der Waals surface area contributed by atoms with Crippen molar-refractivity contribution < 1.29 is 14.3 Å². The molecule has 1 aliphatic heterocycles. The summed E-state index contributed by atoms with van der Waals surface area (Å²) in [4.78, 5) is 23.7. The first-order chi connectivity index (χ1) is 8.70. The van der Waals surface area contributed by atoms with Crippen LogP contribution in [-0.4, -0.2) is 23.8 Å². The summed E-state index contributed by atoms with van der Waals surface area (Å²) >= 11 is 0. The molecule has 2 aliphatic rings. The van der Waals surface area contributed by atoms with Crippen LogP contribution >= 0.6 is 0 Å². The zero-order valence-electron chi connectivity index (χ0n) is 10.0. The summed E-state index contributed by atoms with van der Waals surface area (Å²) in [6, 6.07) is 9.56. The van der Waals surface area contributed by atoms with Crippen molar-refractivity contribution in [1.82, 2.24) is 5.32 Å². The Labute approximate surface area is 105 Å². The predicted octanol–water partition coefficient (Wildman–Crippen LogP) is 1.05. The smallest absolute Gasteiger partial charge is 0.327 e. The molecule has 1 saturated heterocycles. The highest BCUT2D eigenvalue weighted by Crippen LogP contribution is 2.38. The van der Waals surface area contributed by atoms with Gasteiger partial charge in [-0.05, 0) is 12.0 Å². The standard InChI is InChI=1S/C14H15NO3/c16-12-7-14(6-11(12)8-15-14)13(17)18-9-10-4-2-1-3-5-10/h1-5,11,15H,6-9H2. The minimum Gasteiger partial charge on any atom is -0.459 e. The van der Waals surface area contributed by atoms with E-state index < -0.39 is 5.54 Å². The van der Waals surface area contributed by atoms with E-state index in [0.717, 1.165) is 5.56 Å². The second-order valence-electron chi connectivity index (χ2n) is 5.07. The lowest BCUT2D eigenvalue weighted by Crippen LogP contribution is -2.50. The first-order valence-electron chi connectivity index (χ1n) is 6.18. The number of hydrogen-bond acceptors (Lipinski definition) is 4. The molecule has 1 aromatic carbocycles. The first kappa shape index (κ1) is 11.4. The maximum atomic E-state index is 12.1. The van der Waals surface area contributed by atoms with Crippen LogP contribution in [0.2, 0.25) is 0 Å². The Kier molecular flexibility index (Phi) is 2.67. The number of hydrogen-bond donors (Lipinski definition) is 1.